The quantitative estimate of drug-likeness (QED) is 0.359. The van der Waals surface area contributed by atoms with Gasteiger partial charge >= 0.3 is 0 Å². The summed E-state index contributed by atoms with van der Waals surface area (Å²) in [5, 5.41) is 11.0. The summed E-state index contributed by atoms with van der Waals surface area (Å²) in [6, 6.07) is 16.8. The van der Waals surface area contributed by atoms with Gasteiger partial charge in [-0.15, -0.1) is 10.2 Å². The molecule has 1 aliphatic rings. The van der Waals surface area contributed by atoms with E-state index >= 15 is 0 Å². The molecule has 0 amide bonds. The van der Waals surface area contributed by atoms with E-state index in [0.29, 0.717) is 5.25 Å². The Hall–Kier alpha value is -1.92. The van der Waals surface area contributed by atoms with E-state index in [1.807, 2.05) is 18.2 Å². The molecule has 1 aliphatic carbocycles. The van der Waals surface area contributed by atoms with Crippen molar-refractivity contribution in [1.29, 1.82) is 0 Å². The highest BCUT2D eigenvalue weighted by atomic mass is 79.9. The lowest BCUT2D eigenvalue weighted by molar-refractivity contribution is 0.656. The van der Waals surface area contributed by atoms with Gasteiger partial charge in [-0.25, -0.2) is 4.98 Å². The van der Waals surface area contributed by atoms with E-state index in [2.05, 4.69) is 61.4 Å². The van der Waals surface area contributed by atoms with Crippen molar-refractivity contribution in [3.63, 3.8) is 0 Å². The minimum Gasteiger partial charge on any atom is -0.338 e. The van der Waals surface area contributed by atoms with E-state index in [1.54, 1.807) is 11.8 Å². The Morgan fingerprint density at radius 1 is 1.07 bits per heavy atom. The number of hydrogen-bond donors (Lipinski definition) is 1. The van der Waals surface area contributed by atoms with Gasteiger partial charge in [-0.1, -0.05) is 70.9 Å². The zero-order valence-electron chi connectivity index (χ0n) is 14.7. The fraction of sp³-hybridized carbons (Fsp3) is 0.286. The zero-order valence-corrected chi connectivity index (χ0v) is 17.1. The fourth-order valence-electron chi connectivity index (χ4n) is 3.45. The van der Waals surface area contributed by atoms with Crippen LogP contribution in [0.2, 0.25) is 0 Å². The number of rotatable bonds is 6. The van der Waals surface area contributed by atoms with Gasteiger partial charge in [-0.3, -0.25) is 0 Å². The van der Waals surface area contributed by atoms with Crippen LogP contribution in [-0.4, -0.2) is 20.2 Å². The van der Waals surface area contributed by atoms with Gasteiger partial charge in [0.15, 0.2) is 5.65 Å². The molecule has 1 fully saturated rings. The fourth-order valence-corrected chi connectivity index (χ4v) is 4.75. The Labute approximate surface area is 170 Å². The molecule has 0 saturated heterocycles. The first-order valence-corrected chi connectivity index (χ1v) is 11.0. The molecule has 0 spiro atoms. The van der Waals surface area contributed by atoms with Crippen molar-refractivity contribution in [2.24, 2.45) is 5.92 Å². The molecule has 1 N–H and O–H groups in total. The molecule has 27 heavy (non-hydrogen) atoms. The molecule has 5 rings (SSSR count). The minimum absolute atomic E-state index is 0.349. The van der Waals surface area contributed by atoms with Gasteiger partial charge in [0.05, 0.1) is 0 Å². The molecule has 0 bridgehead atoms. The number of H-pyrrole nitrogens is 1. The minimum atomic E-state index is 0.349. The molecule has 4 nitrogen and oxygen atoms in total. The molecule has 4 aromatic rings. The summed E-state index contributed by atoms with van der Waals surface area (Å²) >= 11 is 5.25. The molecular formula is C21H19BrN4S. The number of nitrogens with one attached hydrogen (secondary N) is 1. The highest BCUT2D eigenvalue weighted by Gasteiger charge is 2.24. The molecular weight excluding hydrogens is 420 g/mol. The van der Waals surface area contributed by atoms with Crippen molar-refractivity contribution in [3.05, 3.63) is 58.6 Å². The van der Waals surface area contributed by atoms with Gasteiger partial charge in [0.2, 0.25) is 5.16 Å². The number of hydrogen-bond acceptors (Lipinski definition) is 4. The number of aromatic amines is 1. The van der Waals surface area contributed by atoms with E-state index in [0.717, 1.165) is 44.0 Å². The maximum absolute atomic E-state index is 4.76. The number of para-hydroxylation sites is 1. The summed E-state index contributed by atoms with van der Waals surface area (Å²) < 4.78 is 1.11. The smallest absolute Gasteiger partial charge is 0.211 e. The molecule has 0 radical (unpaired) electrons. The second-order valence-electron chi connectivity index (χ2n) is 7.14. The van der Waals surface area contributed by atoms with Crippen molar-refractivity contribution in [2.75, 3.05) is 0 Å². The number of thioether (sulfide) groups is 1. The van der Waals surface area contributed by atoms with Crippen LogP contribution in [0.1, 0.15) is 36.5 Å². The number of aromatic nitrogens is 4. The Morgan fingerprint density at radius 2 is 1.89 bits per heavy atom. The Morgan fingerprint density at radius 3 is 2.70 bits per heavy atom. The van der Waals surface area contributed by atoms with Gasteiger partial charge < -0.3 is 4.98 Å². The van der Waals surface area contributed by atoms with Gasteiger partial charge in [0.1, 0.15) is 5.52 Å². The second kappa shape index (κ2) is 7.24. The second-order valence-corrected chi connectivity index (χ2v) is 9.23. The Kier molecular flexibility index (Phi) is 4.61. The predicted octanol–water partition coefficient (Wildman–Crippen LogP) is 6.29. The van der Waals surface area contributed by atoms with E-state index in [4.69, 9.17) is 4.98 Å². The maximum Gasteiger partial charge on any atom is 0.211 e. The lowest BCUT2D eigenvalue weighted by Crippen LogP contribution is -1.99. The third kappa shape index (κ3) is 3.73. The van der Waals surface area contributed by atoms with Crippen molar-refractivity contribution < 1.29 is 0 Å². The van der Waals surface area contributed by atoms with Crippen molar-refractivity contribution in [1.82, 2.24) is 20.2 Å². The number of nitrogens with zero attached hydrogens (tertiary/aromatic N) is 3. The lowest BCUT2D eigenvalue weighted by atomic mass is 10.1. The van der Waals surface area contributed by atoms with Crippen molar-refractivity contribution in [2.45, 2.75) is 36.1 Å². The van der Waals surface area contributed by atoms with E-state index < -0.39 is 0 Å². The monoisotopic (exact) mass is 438 g/mol. The topological polar surface area (TPSA) is 54.5 Å². The molecule has 2 aromatic heterocycles. The summed E-state index contributed by atoms with van der Waals surface area (Å²) in [6.07, 6.45) is 5.19. The molecule has 2 aromatic carbocycles. The maximum atomic E-state index is 4.76. The van der Waals surface area contributed by atoms with Gasteiger partial charge in [0, 0.05) is 20.6 Å². The van der Waals surface area contributed by atoms with Crippen LogP contribution in [0.25, 0.3) is 22.1 Å². The molecule has 1 unspecified atom stereocenters. The van der Waals surface area contributed by atoms with E-state index in [-0.39, 0.29) is 0 Å². The Bertz CT molecular complexity index is 1090. The van der Waals surface area contributed by atoms with Crippen LogP contribution >= 0.6 is 27.7 Å². The van der Waals surface area contributed by atoms with E-state index in [9.17, 15) is 0 Å². The molecule has 2 heterocycles. The van der Waals surface area contributed by atoms with Crippen molar-refractivity contribution >= 4 is 49.8 Å². The zero-order chi connectivity index (χ0) is 18.2. The standard InChI is InChI=1S/C21H19BrN4S/c22-15-10-8-14(9-11-15)18(12-7-13-5-6-13)27-21-24-20-19(25-26-21)16-3-1-2-4-17(16)23-20/h1-4,8-11,13,18H,5-7,12H2,(H,23,24,26). The van der Waals surface area contributed by atoms with Crippen LogP contribution in [0.4, 0.5) is 0 Å². The summed E-state index contributed by atoms with van der Waals surface area (Å²) in [5.41, 5.74) is 4.03. The third-order valence-corrected chi connectivity index (χ3v) is 6.83. The average Bonchev–Trinajstić information content (AvgIpc) is 3.44. The first-order valence-electron chi connectivity index (χ1n) is 9.29. The normalized spacial score (nSPS) is 15.4. The summed E-state index contributed by atoms with van der Waals surface area (Å²) in [7, 11) is 0. The Balaban J connectivity index is 1.45. The first kappa shape index (κ1) is 17.2. The molecule has 136 valence electrons. The molecule has 0 aliphatic heterocycles. The van der Waals surface area contributed by atoms with E-state index in [1.165, 1.54) is 24.8 Å². The van der Waals surface area contributed by atoms with Crippen LogP contribution in [0.3, 0.4) is 0 Å². The lowest BCUT2D eigenvalue weighted by Gasteiger charge is -2.16. The van der Waals surface area contributed by atoms with Crippen LogP contribution in [0.5, 0.6) is 0 Å². The summed E-state index contributed by atoms with van der Waals surface area (Å²) in [6.45, 7) is 0. The molecule has 1 saturated carbocycles. The van der Waals surface area contributed by atoms with Crippen LogP contribution < -0.4 is 0 Å². The van der Waals surface area contributed by atoms with Crippen LogP contribution in [0, 0.1) is 5.92 Å². The van der Waals surface area contributed by atoms with Gasteiger partial charge in [-0.2, -0.15) is 0 Å². The van der Waals surface area contributed by atoms with Crippen LogP contribution in [0.15, 0.2) is 58.2 Å². The van der Waals surface area contributed by atoms with Gasteiger partial charge in [0.25, 0.3) is 0 Å². The van der Waals surface area contributed by atoms with Gasteiger partial charge in [-0.05, 0) is 42.5 Å². The largest absolute Gasteiger partial charge is 0.338 e. The van der Waals surface area contributed by atoms with Crippen molar-refractivity contribution in [3.8, 4) is 0 Å². The third-order valence-electron chi connectivity index (χ3n) is 5.13. The predicted molar refractivity (Wildman–Crippen MR) is 114 cm³/mol. The highest BCUT2D eigenvalue weighted by molar-refractivity contribution is 9.10. The summed E-state index contributed by atoms with van der Waals surface area (Å²) in [4.78, 5) is 8.13. The highest BCUT2D eigenvalue weighted by Crippen LogP contribution is 2.42. The number of halogens is 1. The van der Waals surface area contributed by atoms with Crippen LogP contribution in [-0.2, 0) is 0 Å². The molecule has 1 atom stereocenters. The SMILES string of the molecule is Brc1ccc(C(CCC2CC2)Sc2nnc3c(n2)[nH]c2ccccc23)cc1. The first-order chi connectivity index (χ1) is 13.3. The number of fused-ring (bicyclic) bond motifs is 3. The molecule has 6 heteroatoms. The number of benzene rings is 2. The average molecular weight is 439 g/mol. The summed E-state index contributed by atoms with van der Waals surface area (Å²) in [5.74, 6) is 0.916.